The van der Waals surface area contributed by atoms with Crippen molar-refractivity contribution < 1.29 is 4.74 Å². The van der Waals surface area contributed by atoms with Gasteiger partial charge in [-0.25, -0.2) is 0 Å². The number of rotatable bonds is 7. The fourth-order valence-electron chi connectivity index (χ4n) is 6.43. The van der Waals surface area contributed by atoms with E-state index < -0.39 is 0 Å². The lowest BCUT2D eigenvalue weighted by Gasteiger charge is -2.09. The predicted octanol–water partition coefficient (Wildman–Crippen LogP) is 12.0. The highest BCUT2D eigenvalue weighted by molar-refractivity contribution is 6.00. The molecule has 7 aromatic carbocycles. The lowest BCUT2D eigenvalue weighted by molar-refractivity contribution is 0.415. The van der Waals surface area contributed by atoms with Crippen molar-refractivity contribution in [3.05, 3.63) is 182 Å². The Hall–Kier alpha value is -6.12. The number of fused-ring (bicyclic) bond motifs is 1. The number of nitrogens with zero attached hydrogens (tertiary/aromatic N) is 1. The molecule has 1 heterocycles. The molecule has 0 radical (unpaired) electrons. The summed E-state index contributed by atoms with van der Waals surface area (Å²) in [5.41, 5.74) is 14.3. The molecular formula is C45H33NO. The van der Waals surface area contributed by atoms with Crippen LogP contribution < -0.4 is 4.74 Å². The van der Waals surface area contributed by atoms with E-state index >= 15 is 0 Å². The van der Waals surface area contributed by atoms with Crippen LogP contribution >= 0.6 is 0 Å². The van der Waals surface area contributed by atoms with Crippen LogP contribution in [0.5, 0.6) is 5.75 Å². The molecule has 0 N–H and O–H groups in total. The van der Waals surface area contributed by atoms with E-state index in [-0.39, 0.29) is 0 Å². The van der Waals surface area contributed by atoms with E-state index in [9.17, 15) is 0 Å². The van der Waals surface area contributed by atoms with Crippen LogP contribution in [-0.4, -0.2) is 11.7 Å². The minimum Gasteiger partial charge on any atom is -0.497 e. The maximum atomic E-state index is 5.46. The molecule has 1 aromatic heterocycles. The Morgan fingerprint density at radius 1 is 0.383 bits per heavy atom. The summed E-state index contributed by atoms with van der Waals surface area (Å²) < 4.78 is 7.77. The second-order valence-corrected chi connectivity index (χ2v) is 11.8. The van der Waals surface area contributed by atoms with E-state index in [0.717, 1.165) is 22.6 Å². The molecule has 8 aromatic rings. The van der Waals surface area contributed by atoms with Crippen LogP contribution in [-0.2, 0) is 0 Å². The Morgan fingerprint density at radius 3 is 1.40 bits per heavy atom. The van der Waals surface area contributed by atoms with Gasteiger partial charge in [0, 0.05) is 22.8 Å². The first-order valence-corrected chi connectivity index (χ1v) is 16.0. The van der Waals surface area contributed by atoms with Crippen molar-refractivity contribution in [2.75, 3.05) is 7.11 Å². The predicted molar refractivity (Wildman–Crippen MR) is 197 cm³/mol. The monoisotopic (exact) mass is 603 g/mol. The second-order valence-electron chi connectivity index (χ2n) is 11.8. The van der Waals surface area contributed by atoms with Gasteiger partial charge in [0.1, 0.15) is 5.75 Å². The van der Waals surface area contributed by atoms with Gasteiger partial charge in [0.2, 0.25) is 0 Å². The third-order valence-electron chi connectivity index (χ3n) is 8.98. The zero-order valence-electron chi connectivity index (χ0n) is 26.2. The average molecular weight is 604 g/mol. The van der Waals surface area contributed by atoms with Gasteiger partial charge in [-0.3, -0.25) is 0 Å². The number of methoxy groups -OCH3 is 1. The fraction of sp³-hybridized carbons (Fsp3) is 0.0222. The smallest absolute Gasteiger partial charge is 0.119 e. The molecule has 224 valence electrons. The molecule has 0 fully saturated rings. The first-order chi connectivity index (χ1) is 23.2. The zero-order valence-corrected chi connectivity index (χ0v) is 26.2. The van der Waals surface area contributed by atoms with Crippen LogP contribution in [0.4, 0.5) is 0 Å². The lowest BCUT2D eigenvalue weighted by Crippen LogP contribution is -1.92. The summed E-state index contributed by atoms with van der Waals surface area (Å²) in [6.45, 7) is 0. The second kappa shape index (κ2) is 12.3. The molecule has 2 nitrogen and oxygen atoms in total. The van der Waals surface area contributed by atoms with Crippen LogP contribution in [0.2, 0.25) is 0 Å². The Morgan fingerprint density at radius 2 is 0.830 bits per heavy atom. The van der Waals surface area contributed by atoms with Crippen LogP contribution in [0.3, 0.4) is 0 Å². The van der Waals surface area contributed by atoms with Gasteiger partial charge in [0.05, 0.1) is 12.6 Å². The molecule has 2 heteroatoms. The molecular weight excluding hydrogens is 571 g/mol. The van der Waals surface area contributed by atoms with Crippen molar-refractivity contribution in [2.24, 2.45) is 0 Å². The van der Waals surface area contributed by atoms with Gasteiger partial charge in [-0.15, -0.1) is 0 Å². The highest BCUT2D eigenvalue weighted by Gasteiger charge is 2.14. The molecule has 0 aliphatic heterocycles. The summed E-state index contributed by atoms with van der Waals surface area (Å²) >= 11 is 0. The molecule has 0 saturated carbocycles. The molecule has 0 unspecified atom stereocenters. The quantitative estimate of drug-likeness (QED) is 0.177. The number of hydrogen-bond acceptors (Lipinski definition) is 1. The Bertz CT molecular complexity index is 2280. The summed E-state index contributed by atoms with van der Waals surface area (Å²) in [6.07, 6.45) is 2.28. The SMILES string of the molecule is COc1cccc(-c2ccc(-n3cc(-c4ccc(-c5ccccc5)cc4)c4cc(-c5ccc(-c6ccccc6)cc5)ccc43)cc2)c1. The third kappa shape index (κ3) is 5.62. The van der Waals surface area contributed by atoms with Crippen molar-refractivity contribution in [2.45, 2.75) is 0 Å². The molecule has 0 atom stereocenters. The molecule has 47 heavy (non-hydrogen) atoms. The standard InChI is InChI=1S/C45H33NO/c1-47-42-14-8-13-39(29-42)37-23-26-41(27-24-37)46-31-44(38-21-19-35(20-22-38)33-11-6-3-7-12-33)43-30-40(25-28-45(43)46)36-17-15-34(16-18-36)32-9-4-2-5-10-32/h2-31H,1H3. The van der Waals surface area contributed by atoms with Crippen molar-refractivity contribution in [3.8, 4) is 67.1 Å². The van der Waals surface area contributed by atoms with Gasteiger partial charge in [-0.2, -0.15) is 0 Å². The average Bonchev–Trinajstić information content (AvgIpc) is 3.55. The summed E-state index contributed by atoms with van der Waals surface area (Å²) in [5, 5.41) is 1.22. The van der Waals surface area contributed by atoms with Crippen molar-refractivity contribution in [1.82, 2.24) is 4.57 Å². The molecule has 0 spiro atoms. The highest BCUT2D eigenvalue weighted by atomic mass is 16.5. The molecule has 0 saturated heterocycles. The lowest BCUT2D eigenvalue weighted by atomic mass is 9.97. The van der Waals surface area contributed by atoms with Gasteiger partial charge in [-0.05, 0) is 86.5 Å². The molecule has 0 amide bonds. The van der Waals surface area contributed by atoms with Crippen LogP contribution in [0.15, 0.2) is 182 Å². The van der Waals surface area contributed by atoms with E-state index in [4.69, 9.17) is 4.74 Å². The fourth-order valence-corrected chi connectivity index (χ4v) is 6.43. The number of ether oxygens (including phenoxy) is 1. The number of hydrogen-bond donors (Lipinski definition) is 0. The molecule has 0 aliphatic carbocycles. The molecule has 0 aliphatic rings. The maximum Gasteiger partial charge on any atom is 0.119 e. The van der Waals surface area contributed by atoms with E-state index in [1.165, 1.54) is 55.4 Å². The molecule has 8 rings (SSSR count). The first kappa shape index (κ1) is 28.4. The zero-order chi connectivity index (χ0) is 31.6. The van der Waals surface area contributed by atoms with E-state index in [0.29, 0.717) is 0 Å². The van der Waals surface area contributed by atoms with Crippen molar-refractivity contribution in [1.29, 1.82) is 0 Å². The van der Waals surface area contributed by atoms with E-state index in [2.05, 4.69) is 175 Å². The number of aromatic nitrogens is 1. The van der Waals surface area contributed by atoms with Crippen LogP contribution in [0, 0.1) is 0 Å². The van der Waals surface area contributed by atoms with Crippen LogP contribution in [0.25, 0.3) is 72.2 Å². The van der Waals surface area contributed by atoms with Crippen molar-refractivity contribution in [3.63, 3.8) is 0 Å². The first-order valence-electron chi connectivity index (χ1n) is 16.0. The van der Waals surface area contributed by atoms with Gasteiger partial charge < -0.3 is 9.30 Å². The third-order valence-corrected chi connectivity index (χ3v) is 8.98. The Kier molecular flexibility index (Phi) is 7.45. The molecule has 0 bridgehead atoms. The largest absolute Gasteiger partial charge is 0.497 e. The summed E-state index contributed by atoms with van der Waals surface area (Å²) in [7, 11) is 1.71. The topological polar surface area (TPSA) is 14.2 Å². The maximum absolute atomic E-state index is 5.46. The summed E-state index contributed by atoms with van der Waals surface area (Å²) in [6, 6.07) is 62.7. The van der Waals surface area contributed by atoms with Gasteiger partial charge in [-0.1, -0.05) is 140 Å². The van der Waals surface area contributed by atoms with Crippen molar-refractivity contribution >= 4 is 10.9 Å². The summed E-state index contributed by atoms with van der Waals surface area (Å²) in [5.74, 6) is 0.858. The minimum atomic E-state index is 0.858. The Labute approximate surface area is 275 Å². The minimum absolute atomic E-state index is 0.858. The Balaban J connectivity index is 1.21. The van der Waals surface area contributed by atoms with Gasteiger partial charge in [0.15, 0.2) is 0 Å². The van der Waals surface area contributed by atoms with Gasteiger partial charge in [0.25, 0.3) is 0 Å². The number of benzene rings is 7. The summed E-state index contributed by atoms with van der Waals surface area (Å²) in [4.78, 5) is 0. The van der Waals surface area contributed by atoms with Gasteiger partial charge >= 0.3 is 0 Å². The van der Waals surface area contributed by atoms with E-state index in [1.807, 2.05) is 12.1 Å². The van der Waals surface area contributed by atoms with E-state index in [1.54, 1.807) is 7.11 Å². The normalized spacial score (nSPS) is 11.1. The highest BCUT2D eigenvalue weighted by Crippen LogP contribution is 2.37. The van der Waals surface area contributed by atoms with Crippen LogP contribution in [0.1, 0.15) is 0 Å².